The third-order valence-electron chi connectivity index (χ3n) is 3.33. The smallest absolute Gasteiger partial charge is 0.118 e. The molecule has 0 amide bonds. The molecule has 0 N–H and O–H groups in total. The molecule has 0 heterocycles. The second kappa shape index (κ2) is 6.63. The predicted molar refractivity (Wildman–Crippen MR) is 81.1 cm³/mol. The van der Waals surface area contributed by atoms with Crippen LogP contribution in [0.2, 0.25) is 0 Å². The average molecular weight is 266 g/mol. The largest absolute Gasteiger partial charge is 0.497 e. The van der Waals surface area contributed by atoms with Crippen molar-refractivity contribution in [1.29, 1.82) is 5.26 Å². The highest BCUT2D eigenvalue weighted by atomic mass is 16.5. The fourth-order valence-corrected chi connectivity index (χ4v) is 2.01. The van der Waals surface area contributed by atoms with Gasteiger partial charge in [-0.1, -0.05) is 12.1 Å². The molecular weight excluding hydrogens is 248 g/mol. The molecule has 0 radical (unpaired) electrons. The van der Waals surface area contributed by atoms with Crippen molar-refractivity contribution in [3.8, 4) is 11.8 Å². The summed E-state index contributed by atoms with van der Waals surface area (Å²) in [6.45, 7) is 0.929. The van der Waals surface area contributed by atoms with E-state index >= 15 is 0 Å². The summed E-state index contributed by atoms with van der Waals surface area (Å²) in [6.07, 6.45) is 0.973. The standard InChI is InChI=1S/C17H18N2O/c1-19(16-7-3-15(13-18)4-8-16)12-11-14-5-9-17(20-2)10-6-14/h3-10H,11-12H2,1-2H3. The number of hydrogen-bond donors (Lipinski definition) is 0. The Bertz CT molecular complexity index is 582. The van der Waals surface area contributed by atoms with Gasteiger partial charge in [-0.15, -0.1) is 0 Å². The van der Waals surface area contributed by atoms with Gasteiger partial charge in [-0.25, -0.2) is 0 Å². The predicted octanol–water partition coefficient (Wildman–Crippen LogP) is 3.25. The topological polar surface area (TPSA) is 36.3 Å². The summed E-state index contributed by atoms with van der Waals surface area (Å²) < 4.78 is 5.15. The highest BCUT2D eigenvalue weighted by Crippen LogP contribution is 2.15. The highest BCUT2D eigenvalue weighted by Gasteiger charge is 2.02. The van der Waals surface area contributed by atoms with Gasteiger partial charge in [0.2, 0.25) is 0 Å². The van der Waals surface area contributed by atoms with Crippen LogP contribution in [-0.4, -0.2) is 20.7 Å². The van der Waals surface area contributed by atoms with Crippen LogP contribution >= 0.6 is 0 Å². The van der Waals surface area contributed by atoms with E-state index in [4.69, 9.17) is 10.00 Å². The maximum atomic E-state index is 8.79. The van der Waals surface area contributed by atoms with Crippen LogP contribution in [0, 0.1) is 11.3 Å². The van der Waals surface area contributed by atoms with Crippen molar-refractivity contribution in [2.24, 2.45) is 0 Å². The lowest BCUT2D eigenvalue weighted by Crippen LogP contribution is -2.20. The van der Waals surface area contributed by atoms with Crippen molar-refractivity contribution in [3.63, 3.8) is 0 Å². The van der Waals surface area contributed by atoms with Crippen molar-refractivity contribution in [2.45, 2.75) is 6.42 Å². The minimum absolute atomic E-state index is 0.692. The van der Waals surface area contributed by atoms with Gasteiger partial charge in [0.05, 0.1) is 18.7 Å². The molecule has 2 aromatic rings. The second-order valence-electron chi connectivity index (χ2n) is 4.68. The first-order valence-electron chi connectivity index (χ1n) is 6.57. The molecule has 0 aliphatic rings. The Morgan fingerprint density at radius 2 is 1.70 bits per heavy atom. The summed E-state index contributed by atoms with van der Waals surface area (Å²) in [4.78, 5) is 2.19. The van der Waals surface area contributed by atoms with Crippen molar-refractivity contribution in [1.82, 2.24) is 0 Å². The molecule has 0 aliphatic carbocycles. The zero-order valence-corrected chi connectivity index (χ0v) is 11.8. The van der Waals surface area contributed by atoms with Crippen molar-refractivity contribution < 1.29 is 4.74 Å². The lowest BCUT2D eigenvalue weighted by molar-refractivity contribution is 0.414. The Kier molecular flexibility index (Phi) is 4.62. The molecule has 2 aromatic carbocycles. The highest BCUT2D eigenvalue weighted by molar-refractivity contribution is 5.49. The Labute approximate surface area is 120 Å². The van der Waals surface area contributed by atoms with Gasteiger partial charge in [-0.2, -0.15) is 5.26 Å². The number of anilines is 1. The van der Waals surface area contributed by atoms with Crippen LogP contribution in [0.25, 0.3) is 0 Å². The number of likely N-dealkylation sites (N-methyl/N-ethyl adjacent to an activating group) is 1. The molecule has 0 fully saturated rings. The SMILES string of the molecule is COc1ccc(CCN(C)c2ccc(C#N)cc2)cc1. The van der Waals surface area contributed by atoms with E-state index in [1.165, 1.54) is 5.56 Å². The van der Waals surface area contributed by atoms with E-state index < -0.39 is 0 Å². The minimum Gasteiger partial charge on any atom is -0.497 e. The van der Waals surface area contributed by atoms with E-state index in [2.05, 4.69) is 30.1 Å². The zero-order valence-electron chi connectivity index (χ0n) is 11.8. The van der Waals surface area contributed by atoms with Gasteiger partial charge in [-0.05, 0) is 48.4 Å². The van der Waals surface area contributed by atoms with Crippen LogP contribution in [0.5, 0.6) is 5.75 Å². The van der Waals surface area contributed by atoms with Gasteiger partial charge < -0.3 is 9.64 Å². The number of hydrogen-bond acceptors (Lipinski definition) is 3. The first kappa shape index (κ1) is 14.0. The van der Waals surface area contributed by atoms with Crippen LogP contribution in [-0.2, 0) is 6.42 Å². The quantitative estimate of drug-likeness (QED) is 0.833. The van der Waals surface area contributed by atoms with Crippen LogP contribution in [0.3, 0.4) is 0 Å². The molecule has 102 valence electrons. The molecule has 0 spiro atoms. The summed E-state index contributed by atoms with van der Waals surface area (Å²) in [6, 6.07) is 17.9. The summed E-state index contributed by atoms with van der Waals surface area (Å²) in [7, 11) is 3.73. The van der Waals surface area contributed by atoms with E-state index in [9.17, 15) is 0 Å². The van der Waals surface area contributed by atoms with Crippen LogP contribution in [0.15, 0.2) is 48.5 Å². The van der Waals surface area contributed by atoms with Crippen LogP contribution < -0.4 is 9.64 Å². The van der Waals surface area contributed by atoms with E-state index in [0.717, 1.165) is 24.4 Å². The Morgan fingerprint density at radius 1 is 1.05 bits per heavy atom. The minimum atomic E-state index is 0.692. The zero-order chi connectivity index (χ0) is 14.4. The lowest BCUT2D eigenvalue weighted by Gasteiger charge is -2.19. The van der Waals surface area contributed by atoms with Gasteiger partial charge >= 0.3 is 0 Å². The fourth-order valence-electron chi connectivity index (χ4n) is 2.01. The van der Waals surface area contributed by atoms with Crippen LogP contribution in [0.4, 0.5) is 5.69 Å². The maximum Gasteiger partial charge on any atom is 0.118 e. The summed E-state index contributed by atoms with van der Waals surface area (Å²) in [5, 5.41) is 8.79. The normalized spacial score (nSPS) is 9.85. The van der Waals surface area contributed by atoms with Gasteiger partial charge in [0.25, 0.3) is 0 Å². The maximum absolute atomic E-state index is 8.79. The van der Waals surface area contributed by atoms with Crippen molar-refractivity contribution >= 4 is 5.69 Å². The molecule has 0 saturated carbocycles. The van der Waals surface area contributed by atoms with E-state index in [1.54, 1.807) is 7.11 Å². The third kappa shape index (κ3) is 3.52. The molecule has 20 heavy (non-hydrogen) atoms. The molecular formula is C17H18N2O. The van der Waals surface area contributed by atoms with E-state index in [0.29, 0.717) is 5.56 Å². The van der Waals surface area contributed by atoms with Gasteiger partial charge in [0.1, 0.15) is 5.75 Å². The number of benzene rings is 2. The fraction of sp³-hybridized carbons (Fsp3) is 0.235. The number of methoxy groups -OCH3 is 1. The molecule has 0 atom stereocenters. The molecule has 0 unspecified atom stereocenters. The molecule has 2 rings (SSSR count). The van der Waals surface area contributed by atoms with Crippen LogP contribution in [0.1, 0.15) is 11.1 Å². The number of nitrogens with zero attached hydrogens (tertiary/aromatic N) is 2. The second-order valence-corrected chi connectivity index (χ2v) is 4.68. The van der Waals surface area contributed by atoms with Crippen molar-refractivity contribution in [3.05, 3.63) is 59.7 Å². The molecule has 0 aliphatic heterocycles. The Morgan fingerprint density at radius 3 is 2.25 bits per heavy atom. The van der Waals surface area contributed by atoms with E-state index in [1.807, 2.05) is 36.4 Å². The Hall–Kier alpha value is -2.47. The van der Waals surface area contributed by atoms with Gasteiger partial charge in [0.15, 0.2) is 0 Å². The molecule has 3 nitrogen and oxygen atoms in total. The first-order chi connectivity index (χ1) is 9.72. The Balaban J connectivity index is 1.93. The van der Waals surface area contributed by atoms with Crippen molar-refractivity contribution in [2.75, 3.05) is 25.6 Å². The lowest BCUT2D eigenvalue weighted by atomic mass is 10.1. The number of rotatable bonds is 5. The average Bonchev–Trinajstić information content (AvgIpc) is 2.53. The molecule has 0 bridgehead atoms. The number of nitriles is 1. The summed E-state index contributed by atoms with van der Waals surface area (Å²) >= 11 is 0. The molecule has 3 heteroatoms. The van der Waals surface area contributed by atoms with E-state index in [-0.39, 0.29) is 0 Å². The van der Waals surface area contributed by atoms with Gasteiger partial charge in [0, 0.05) is 19.3 Å². The third-order valence-corrected chi connectivity index (χ3v) is 3.33. The monoisotopic (exact) mass is 266 g/mol. The first-order valence-corrected chi connectivity index (χ1v) is 6.57. The number of ether oxygens (including phenoxy) is 1. The summed E-state index contributed by atoms with van der Waals surface area (Å²) in [5.41, 5.74) is 3.10. The van der Waals surface area contributed by atoms with Gasteiger partial charge in [-0.3, -0.25) is 0 Å². The molecule has 0 saturated heterocycles. The summed E-state index contributed by atoms with van der Waals surface area (Å²) in [5.74, 6) is 0.884. The molecule has 0 aromatic heterocycles.